The molecular formula is C22H31N5O2. The Morgan fingerprint density at radius 2 is 1.86 bits per heavy atom. The molecule has 1 aliphatic carbocycles. The monoisotopic (exact) mass is 397 g/mol. The van der Waals surface area contributed by atoms with E-state index in [1.807, 2.05) is 11.5 Å². The van der Waals surface area contributed by atoms with Gasteiger partial charge in [-0.05, 0) is 58.0 Å². The third-order valence-electron chi connectivity index (χ3n) is 6.41. The van der Waals surface area contributed by atoms with E-state index in [0.717, 1.165) is 31.4 Å². The number of rotatable bonds is 5. The first kappa shape index (κ1) is 19.9. The average molecular weight is 398 g/mol. The number of piperidine rings is 1. The Bertz CT molecular complexity index is 1080. The van der Waals surface area contributed by atoms with E-state index in [1.165, 1.54) is 53.9 Å². The van der Waals surface area contributed by atoms with Crippen LogP contribution >= 0.6 is 0 Å². The predicted molar refractivity (Wildman–Crippen MR) is 115 cm³/mol. The van der Waals surface area contributed by atoms with E-state index in [9.17, 15) is 9.59 Å². The lowest BCUT2D eigenvalue weighted by atomic mass is 9.88. The second kappa shape index (κ2) is 8.14. The molecule has 4 rings (SSSR count). The molecule has 156 valence electrons. The maximum absolute atomic E-state index is 12.7. The lowest BCUT2D eigenvalue weighted by Crippen LogP contribution is -2.37. The predicted octanol–water partition coefficient (Wildman–Crippen LogP) is 2.33. The fourth-order valence-electron chi connectivity index (χ4n) is 4.65. The van der Waals surface area contributed by atoms with Crippen molar-refractivity contribution in [3.8, 4) is 0 Å². The summed E-state index contributed by atoms with van der Waals surface area (Å²) in [5.74, 6) is 1.62. The molecule has 29 heavy (non-hydrogen) atoms. The van der Waals surface area contributed by atoms with Gasteiger partial charge in [-0.25, -0.2) is 9.78 Å². The zero-order chi connectivity index (χ0) is 20.5. The quantitative estimate of drug-likeness (QED) is 0.777. The van der Waals surface area contributed by atoms with Gasteiger partial charge in [-0.3, -0.25) is 18.8 Å². The van der Waals surface area contributed by atoms with E-state index in [4.69, 9.17) is 4.98 Å². The molecule has 2 aliphatic rings. The van der Waals surface area contributed by atoms with E-state index < -0.39 is 0 Å². The topological polar surface area (TPSA) is 65.1 Å². The minimum absolute atomic E-state index is 0.267. The van der Waals surface area contributed by atoms with Crippen molar-refractivity contribution in [2.45, 2.75) is 52.1 Å². The molecule has 0 saturated carbocycles. The van der Waals surface area contributed by atoms with E-state index in [-0.39, 0.29) is 11.2 Å². The molecule has 3 heterocycles. The molecule has 0 N–H and O–H groups in total. The molecule has 0 spiro atoms. The lowest BCUT2D eigenvalue weighted by Gasteiger charge is -2.32. The Morgan fingerprint density at radius 3 is 2.52 bits per heavy atom. The van der Waals surface area contributed by atoms with Crippen molar-refractivity contribution >= 4 is 11.2 Å². The highest BCUT2D eigenvalue weighted by Gasteiger charge is 2.23. The first-order valence-electron chi connectivity index (χ1n) is 10.7. The summed E-state index contributed by atoms with van der Waals surface area (Å²) in [7, 11) is 3.21. The summed E-state index contributed by atoms with van der Waals surface area (Å²) in [6.07, 6.45) is 12.9. The molecule has 0 unspecified atom stereocenters. The molecule has 0 bridgehead atoms. The second-order valence-corrected chi connectivity index (χ2v) is 8.33. The van der Waals surface area contributed by atoms with Crippen LogP contribution in [0, 0.1) is 5.92 Å². The number of hydrogen-bond donors (Lipinski definition) is 0. The van der Waals surface area contributed by atoms with Crippen LogP contribution in [0.25, 0.3) is 11.2 Å². The van der Waals surface area contributed by atoms with Gasteiger partial charge in [0.15, 0.2) is 11.2 Å². The largest absolute Gasteiger partial charge is 0.332 e. The summed E-state index contributed by atoms with van der Waals surface area (Å²) < 4.78 is 4.62. The molecule has 0 amide bonds. The third kappa shape index (κ3) is 3.75. The van der Waals surface area contributed by atoms with Gasteiger partial charge in [0.2, 0.25) is 0 Å². The summed E-state index contributed by atoms with van der Waals surface area (Å²) in [6, 6.07) is 0. The molecule has 1 saturated heterocycles. The second-order valence-electron chi connectivity index (χ2n) is 8.33. The normalized spacial score (nSPS) is 18.5. The number of imidazole rings is 1. The van der Waals surface area contributed by atoms with E-state index >= 15 is 0 Å². The van der Waals surface area contributed by atoms with Gasteiger partial charge >= 0.3 is 5.69 Å². The van der Waals surface area contributed by atoms with Crippen LogP contribution in [-0.4, -0.2) is 36.7 Å². The van der Waals surface area contributed by atoms with Crippen LogP contribution in [0.5, 0.6) is 0 Å². The maximum atomic E-state index is 12.7. The average Bonchev–Trinajstić information content (AvgIpc) is 3.11. The molecule has 7 heteroatoms. The molecular weight excluding hydrogens is 366 g/mol. The van der Waals surface area contributed by atoms with Gasteiger partial charge in [0, 0.05) is 20.6 Å². The minimum atomic E-state index is -0.332. The maximum Gasteiger partial charge on any atom is 0.332 e. The van der Waals surface area contributed by atoms with Gasteiger partial charge in [0.1, 0.15) is 5.82 Å². The van der Waals surface area contributed by atoms with E-state index in [2.05, 4.69) is 23.1 Å². The summed E-state index contributed by atoms with van der Waals surface area (Å²) in [6.45, 7) is 5.50. The van der Waals surface area contributed by atoms with Crippen molar-refractivity contribution in [1.29, 1.82) is 0 Å². The van der Waals surface area contributed by atoms with Crippen LogP contribution in [0.2, 0.25) is 0 Å². The summed E-state index contributed by atoms with van der Waals surface area (Å²) >= 11 is 0. The van der Waals surface area contributed by atoms with Crippen molar-refractivity contribution in [2.75, 3.05) is 13.1 Å². The minimum Gasteiger partial charge on any atom is -0.321 e. The van der Waals surface area contributed by atoms with Gasteiger partial charge in [-0.15, -0.1) is 0 Å². The number of fused-ring (bicyclic) bond motifs is 1. The van der Waals surface area contributed by atoms with Crippen molar-refractivity contribution in [3.05, 3.63) is 50.5 Å². The fraction of sp³-hybridized carbons (Fsp3) is 0.591. The SMILES string of the molecule is CCn1c(CN2CCC(CC3=CCCC=C3)CC2)nc2c1c(=O)n(C)c(=O)n2C. The number of aromatic nitrogens is 4. The highest BCUT2D eigenvalue weighted by Crippen LogP contribution is 2.27. The van der Waals surface area contributed by atoms with Gasteiger partial charge in [0.25, 0.3) is 5.56 Å². The number of likely N-dealkylation sites (tertiary alicyclic amines) is 1. The van der Waals surface area contributed by atoms with E-state index in [1.54, 1.807) is 7.05 Å². The van der Waals surface area contributed by atoms with Gasteiger partial charge in [-0.1, -0.05) is 23.8 Å². The molecule has 2 aromatic heterocycles. The molecule has 1 aliphatic heterocycles. The molecule has 0 radical (unpaired) electrons. The zero-order valence-corrected chi connectivity index (χ0v) is 17.7. The van der Waals surface area contributed by atoms with Crippen LogP contribution in [0.4, 0.5) is 0 Å². The van der Waals surface area contributed by atoms with Crippen molar-refractivity contribution < 1.29 is 0 Å². The molecule has 0 aromatic carbocycles. The fourth-order valence-corrected chi connectivity index (χ4v) is 4.65. The van der Waals surface area contributed by atoms with Crippen LogP contribution in [0.3, 0.4) is 0 Å². The number of hydrogen-bond acceptors (Lipinski definition) is 4. The van der Waals surface area contributed by atoms with Crippen LogP contribution < -0.4 is 11.2 Å². The first-order chi connectivity index (χ1) is 14.0. The summed E-state index contributed by atoms with van der Waals surface area (Å²) in [5.41, 5.74) is 1.91. The Balaban J connectivity index is 1.50. The van der Waals surface area contributed by atoms with Crippen molar-refractivity contribution in [1.82, 2.24) is 23.6 Å². The molecule has 0 atom stereocenters. The lowest BCUT2D eigenvalue weighted by molar-refractivity contribution is 0.172. The Morgan fingerprint density at radius 1 is 1.10 bits per heavy atom. The van der Waals surface area contributed by atoms with Crippen molar-refractivity contribution in [2.24, 2.45) is 20.0 Å². The Hall–Kier alpha value is -2.41. The first-order valence-corrected chi connectivity index (χ1v) is 10.7. The Labute approximate surface area is 171 Å². The van der Waals surface area contributed by atoms with Crippen LogP contribution in [0.1, 0.15) is 44.9 Å². The summed E-state index contributed by atoms with van der Waals surface area (Å²) in [4.78, 5) is 32.1. The number of allylic oxidation sites excluding steroid dienone is 4. The number of aryl methyl sites for hydroxylation is 2. The van der Waals surface area contributed by atoms with E-state index in [0.29, 0.717) is 17.7 Å². The molecule has 2 aromatic rings. The number of nitrogens with zero attached hydrogens (tertiary/aromatic N) is 5. The highest BCUT2D eigenvalue weighted by atomic mass is 16.2. The van der Waals surface area contributed by atoms with Crippen LogP contribution in [-0.2, 0) is 27.2 Å². The smallest absolute Gasteiger partial charge is 0.321 e. The standard InChI is InChI=1S/C22H31N5O2/c1-4-27-18(23-20-19(27)21(28)25(3)22(29)24(20)2)15-26-12-10-17(11-13-26)14-16-8-6-5-7-9-16/h6,8-9,17H,4-5,7,10-15H2,1-3H3. The van der Waals surface area contributed by atoms with Gasteiger partial charge in [-0.2, -0.15) is 0 Å². The summed E-state index contributed by atoms with van der Waals surface area (Å²) in [5, 5.41) is 0. The zero-order valence-electron chi connectivity index (χ0n) is 17.7. The van der Waals surface area contributed by atoms with Crippen LogP contribution in [0.15, 0.2) is 33.4 Å². The molecule has 1 fully saturated rings. The Kier molecular flexibility index (Phi) is 5.58. The molecule has 7 nitrogen and oxygen atoms in total. The highest BCUT2D eigenvalue weighted by molar-refractivity contribution is 5.71. The van der Waals surface area contributed by atoms with Gasteiger partial charge in [0.05, 0.1) is 6.54 Å². The van der Waals surface area contributed by atoms with Crippen molar-refractivity contribution in [3.63, 3.8) is 0 Å². The van der Waals surface area contributed by atoms with Gasteiger partial charge < -0.3 is 4.57 Å². The third-order valence-corrected chi connectivity index (χ3v) is 6.41.